The molecule has 0 spiro atoms. The van der Waals surface area contributed by atoms with Gasteiger partial charge in [0, 0.05) is 19.8 Å². The molecule has 1 aliphatic rings. The summed E-state index contributed by atoms with van der Waals surface area (Å²) in [7, 11) is 1.84. The van der Waals surface area contributed by atoms with Crippen LogP contribution >= 0.6 is 11.6 Å². The zero-order valence-corrected chi connectivity index (χ0v) is 9.57. The van der Waals surface area contributed by atoms with Crippen LogP contribution in [0.4, 0.5) is 0 Å². The fourth-order valence-corrected chi connectivity index (χ4v) is 1.64. The van der Waals surface area contributed by atoms with Gasteiger partial charge in [0.05, 0.1) is 0 Å². The number of nitrogens with zero attached hydrogens (tertiary/aromatic N) is 2. The van der Waals surface area contributed by atoms with Crippen LogP contribution in [0, 0.1) is 0 Å². The molecule has 1 aromatic heterocycles. The Labute approximate surface area is 98.5 Å². The van der Waals surface area contributed by atoms with Crippen molar-refractivity contribution in [2.24, 2.45) is 0 Å². The van der Waals surface area contributed by atoms with Crippen LogP contribution in [0.3, 0.4) is 0 Å². The fraction of sp³-hybridized carbons (Fsp3) is 0.273. The number of carbonyl (C=O) groups is 1. The Morgan fingerprint density at radius 2 is 2.38 bits per heavy atom. The number of hydrogen-bond acceptors (Lipinski definition) is 4. The number of hydrogen-bond donors (Lipinski definition) is 0. The molecule has 0 bridgehead atoms. The predicted molar refractivity (Wildman–Crippen MR) is 59.8 cm³/mol. The first kappa shape index (κ1) is 11.0. The molecule has 0 N–H and O–H groups in total. The number of likely N-dealkylation sites (N-methyl/N-ethyl adjacent to an activating group) is 1. The Balaban J connectivity index is 2.04. The lowest BCUT2D eigenvalue weighted by Gasteiger charge is -2.17. The van der Waals surface area contributed by atoms with Crippen molar-refractivity contribution in [3.63, 3.8) is 0 Å². The van der Waals surface area contributed by atoms with E-state index in [1.807, 2.05) is 18.0 Å². The van der Waals surface area contributed by atoms with Gasteiger partial charge in [-0.1, -0.05) is 17.7 Å². The number of esters is 1. The lowest BCUT2D eigenvalue weighted by Crippen LogP contribution is -2.21. The minimum Gasteiger partial charge on any atom is -0.457 e. The van der Waals surface area contributed by atoms with Crippen molar-refractivity contribution in [1.29, 1.82) is 0 Å². The van der Waals surface area contributed by atoms with Gasteiger partial charge in [0.25, 0.3) is 0 Å². The van der Waals surface area contributed by atoms with Gasteiger partial charge in [0.1, 0.15) is 17.5 Å². The second-order valence-corrected chi connectivity index (χ2v) is 3.92. The molecule has 0 unspecified atom stereocenters. The number of cyclic esters (lactones) is 1. The van der Waals surface area contributed by atoms with E-state index in [4.69, 9.17) is 16.3 Å². The van der Waals surface area contributed by atoms with Gasteiger partial charge in [0.15, 0.2) is 0 Å². The van der Waals surface area contributed by atoms with Crippen molar-refractivity contribution in [2.45, 2.75) is 6.54 Å². The maximum Gasteiger partial charge on any atom is 0.354 e. The molecular weight excluding hydrogens is 228 g/mol. The maximum absolute atomic E-state index is 11.3. The summed E-state index contributed by atoms with van der Waals surface area (Å²) in [5.41, 5.74) is 1.59. The highest BCUT2D eigenvalue weighted by atomic mass is 35.5. The van der Waals surface area contributed by atoms with Gasteiger partial charge in [-0.3, -0.25) is 0 Å². The highest BCUT2D eigenvalue weighted by Crippen LogP contribution is 2.14. The standard InChI is InChI=1S/C11H11ClN2O2/c1-14(9-4-5-16-11(9)15)7-8-2-3-10(12)13-6-8/h2-4,6H,5,7H2,1H3. The van der Waals surface area contributed by atoms with E-state index in [-0.39, 0.29) is 5.97 Å². The molecule has 0 saturated heterocycles. The minimum absolute atomic E-state index is 0.274. The fourth-order valence-electron chi connectivity index (χ4n) is 1.52. The Morgan fingerprint density at radius 1 is 1.56 bits per heavy atom. The van der Waals surface area contributed by atoms with E-state index in [0.717, 1.165) is 5.56 Å². The Hall–Kier alpha value is -1.55. The van der Waals surface area contributed by atoms with Crippen molar-refractivity contribution >= 4 is 17.6 Å². The topological polar surface area (TPSA) is 42.4 Å². The van der Waals surface area contributed by atoms with E-state index >= 15 is 0 Å². The molecule has 0 fully saturated rings. The van der Waals surface area contributed by atoms with E-state index < -0.39 is 0 Å². The van der Waals surface area contributed by atoms with E-state index in [9.17, 15) is 4.79 Å². The van der Waals surface area contributed by atoms with Crippen LogP contribution in [-0.2, 0) is 16.1 Å². The van der Waals surface area contributed by atoms with Crippen LogP contribution in [0.1, 0.15) is 5.56 Å². The average molecular weight is 239 g/mol. The van der Waals surface area contributed by atoms with E-state index in [0.29, 0.717) is 24.0 Å². The second-order valence-electron chi connectivity index (χ2n) is 3.53. The molecular formula is C11H11ClN2O2. The third kappa shape index (κ3) is 2.33. The van der Waals surface area contributed by atoms with Crippen molar-refractivity contribution in [3.8, 4) is 0 Å². The third-order valence-electron chi connectivity index (χ3n) is 2.32. The molecule has 16 heavy (non-hydrogen) atoms. The molecule has 2 heterocycles. The first-order chi connectivity index (χ1) is 7.66. The van der Waals surface area contributed by atoms with Crippen molar-refractivity contribution in [3.05, 3.63) is 40.8 Å². The molecule has 4 nitrogen and oxygen atoms in total. The molecule has 0 radical (unpaired) electrons. The number of ether oxygens (including phenoxy) is 1. The molecule has 1 aromatic rings. The van der Waals surface area contributed by atoms with Crippen molar-refractivity contribution in [2.75, 3.05) is 13.7 Å². The highest BCUT2D eigenvalue weighted by Gasteiger charge is 2.20. The molecule has 0 amide bonds. The smallest absolute Gasteiger partial charge is 0.354 e. The number of halogens is 1. The van der Waals surface area contributed by atoms with Gasteiger partial charge >= 0.3 is 5.97 Å². The van der Waals surface area contributed by atoms with Crippen LogP contribution in [0.15, 0.2) is 30.1 Å². The minimum atomic E-state index is -0.274. The van der Waals surface area contributed by atoms with E-state index in [1.54, 1.807) is 18.3 Å². The number of rotatable bonds is 3. The second kappa shape index (κ2) is 4.53. The van der Waals surface area contributed by atoms with Gasteiger partial charge in [-0.2, -0.15) is 0 Å². The van der Waals surface area contributed by atoms with Crippen molar-refractivity contribution < 1.29 is 9.53 Å². The van der Waals surface area contributed by atoms with Crippen molar-refractivity contribution in [1.82, 2.24) is 9.88 Å². The predicted octanol–water partition coefficient (Wildman–Crippen LogP) is 1.61. The van der Waals surface area contributed by atoms with Crippen LogP contribution in [0.2, 0.25) is 5.15 Å². The molecule has 0 aliphatic carbocycles. The molecule has 0 aromatic carbocycles. The molecule has 2 rings (SSSR count). The van der Waals surface area contributed by atoms with Crippen LogP contribution < -0.4 is 0 Å². The zero-order valence-electron chi connectivity index (χ0n) is 8.81. The summed E-state index contributed by atoms with van der Waals surface area (Å²) < 4.78 is 4.83. The average Bonchev–Trinajstić information content (AvgIpc) is 2.68. The summed E-state index contributed by atoms with van der Waals surface area (Å²) in [5.74, 6) is -0.274. The summed E-state index contributed by atoms with van der Waals surface area (Å²) in [6.45, 7) is 0.961. The van der Waals surface area contributed by atoms with Gasteiger partial charge in [-0.25, -0.2) is 9.78 Å². The van der Waals surface area contributed by atoms with Gasteiger partial charge in [0.2, 0.25) is 0 Å². The van der Waals surface area contributed by atoms with E-state index in [2.05, 4.69) is 4.98 Å². The van der Waals surface area contributed by atoms with Crippen LogP contribution in [0.25, 0.3) is 0 Å². The SMILES string of the molecule is CN(Cc1ccc(Cl)nc1)C1=CCOC1=O. The Bertz CT molecular complexity index is 428. The number of pyridine rings is 1. The zero-order chi connectivity index (χ0) is 11.5. The lowest BCUT2D eigenvalue weighted by atomic mass is 10.2. The Kier molecular flexibility index (Phi) is 3.10. The lowest BCUT2D eigenvalue weighted by molar-refractivity contribution is -0.137. The third-order valence-corrected chi connectivity index (χ3v) is 2.54. The van der Waals surface area contributed by atoms with Gasteiger partial charge in [-0.15, -0.1) is 0 Å². The molecule has 0 atom stereocenters. The molecule has 0 saturated carbocycles. The summed E-state index contributed by atoms with van der Waals surface area (Å²) in [5, 5.41) is 0.464. The molecule has 84 valence electrons. The van der Waals surface area contributed by atoms with Crippen LogP contribution in [0.5, 0.6) is 0 Å². The van der Waals surface area contributed by atoms with Gasteiger partial charge < -0.3 is 9.64 Å². The molecule has 5 heteroatoms. The Morgan fingerprint density at radius 3 is 2.94 bits per heavy atom. The monoisotopic (exact) mass is 238 g/mol. The van der Waals surface area contributed by atoms with Crippen LogP contribution in [-0.4, -0.2) is 29.5 Å². The first-order valence-corrected chi connectivity index (χ1v) is 5.23. The number of carbonyl (C=O) groups excluding carboxylic acids is 1. The summed E-state index contributed by atoms with van der Waals surface area (Å²) in [4.78, 5) is 17.1. The number of aromatic nitrogens is 1. The first-order valence-electron chi connectivity index (χ1n) is 4.85. The molecule has 1 aliphatic heterocycles. The van der Waals surface area contributed by atoms with Gasteiger partial charge in [-0.05, 0) is 17.7 Å². The normalized spacial score (nSPS) is 14.6. The van der Waals surface area contributed by atoms with E-state index in [1.165, 1.54) is 0 Å². The maximum atomic E-state index is 11.3. The summed E-state index contributed by atoms with van der Waals surface area (Å²) in [6, 6.07) is 3.61. The summed E-state index contributed by atoms with van der Waals surface area (Å²) >= 11 is 5.69. The quantitative estimate of drug-likeness (QED) is 0.593. The summed E-state index contributed by atoms with van der Waals surface area (Å²) in [6.07, 6.45) is 3.46. The largest absolute Gasteiger partial charge is 0.457 e. The highest BCUT2D eigenvalue weighted by molar-refractivity contribution is 6.29.